The number of nitrogens with one attached hydrogen (secondary N) is 2. The number of aromatic amines is 1. The van der Waals surface area contributed by atoms with Gasteiger partial charge in [0, 0.05) is 30.5 Å². The molecule has 1 unspecified atom stereocenters. The SMILES string of the molecule is NCCCC(=O)N[C@@H](Cc1cnc[nH]1)C(=O)SCC(N)C(N)=O. The second kappa shape index (κ2) is 9.98. The molecule has 0 saturated carbocycles. The van der Waals surface area contributed by atoms with Crippen LogP contribution >= 0.6 is 11.8 Å². The van der Waals surface area contributed by atoms with Crippen molar-refractivity contribution in [2.24, 2.45) is 17.2 Å². The maximum Gasteiger partial charge on any atom is 0.235 e. The van der Waals surface area contributed by atoms with Gasteiger partial charge in [0.15, 0.2) is 0 Å². The number of carbonyl (C=O) groups is 3. The highest BCUT2D eigenvalue weighted by Gasteiger charge is 2.23. The van der Waals surface area contributed by atoms with E-state index in [4.69, 9.17) is 17.2 Å². The van der Waals surface area contributed by atoms with E-state index in [-0.39, 0.29) is 29.6 Å². The summed E-state index contributed by atoms with van der Waals surface area (Å²) in [5.74, 6) is -0.873. The van der Waals surface area contributed by atoms with Crippen LogP contribution in [0.15, 0.2) is 12.5 Å². The highest BCUT2D eigenvalue weighted by atomic mass is 32.2. The molecule has 8 N–H and O–H groups in total. The summed E-state index contributed by atoms with van der Waals surface area (Å²) >= 11 is 0.870. The van der Waals surface area contributed by atoms with E-state index in [2.05, 4.69) is 15.3 Å². The first-order valence-corrected chi connectivity index (χ1v) is 8.10. The summed E-state index contributed by atoms with van der Waals surface area (Å²) in [5.41, 5.74) is 16.6. The fourth-order valence-electron chi connectivity index (χ4n) is 1.69. The lowest BCUT2D eigenvalue weighted by molar-refractivity contribution is -0.124. The lowest BCUT2D eigenvalue weighted by atomic mass is 10.1. The van der Waals surface area contributed by atoms with Gasteiger partial charge in [-0.05, 0) is 13.0 Å². The van der Waals surface area contributed by atoms with Crippen LogP contribution in [0.25, 0.3) is 0 Å². The molecule has 23 heavy (non-hydrogen) atoms. The van der Waals surface area contributed by atoms with Crippen LogP contribution < -0.4 is 22.5 Å². The summed E-state index contributed by atoms with van der Waals surface area (Å²) in [6, 6.07) is -1.66. The zero-order valence-corrected chi connectivity index (χ0v) is 13.5. The summed E-state index contributed by atoms with van der Waals surface area (Å²) < 4.78 is 0. The number of primary amides is 1. The monoisotopic (exact) mass is 342 g/mol. The number of hydrogen-bond donors (Lipinski definition) is 5. The zero-order chi connectivity index (χ0) is 17.2. The van der Waals surface area contributed by atoms with Gasteiger partial charge in [0.25, 0.3) is 0 Å². The second-order valence-corrected chi connectivity index (χ2v) is 5.96. The lowest BCUT2D eigenvalue weighted by Gasteiger charge is -2.17. The van der Waals surface area contributed by atoms with Gasteiger partial charge in [-0.15, -0.1) is 0 Å². The predicted octanol–water partition coefficient (Wildman–Crippen LogP) is -1.75. The van der Waals surface area contributed by atoms with E-state index in [1.165, 1.54) is 6.33 Å². The van der Waals surface area contributed by atoms with Gasteiger partial charge in [-0.3, -0.25) is 14.4 Å². The minimum Gasteiger partial charge on any atom is -0.368 e. The number of H-pyrrole nitrogens is 1. The Morgan fingerprint density at radius 1 is 1.39 bits per heavy atom. The first-order chi connectivity index (χ1) is 10.9. The average molecular weight is 342 g/mol. The van der Waals surface area contributed by atoms with Crippen molar-refractivity contribution < 1.29 is 14.4 Å². The quantitative estimate of drug-likeness (QED) is 0.335. The Bertz CT molecular complexity index is 522. The van der Waals surface area contributed by atoms with Crippen molar-refractivity contribution in [2.75, 3.05) is 12.3 Å². The molecule has 1 rings (SSSR count). The van der Waals surface area contributed by atoms with E-state index in [0.29, 0.717) is 18.7 Å². The minimum absolute atomic E-state index is 0.0618. The highest BCUT2D eigenvalue weighted by molar-refractivity contribution is 8.13. The molecule has 0 bridgehead atoms. The number of carbonyl (C=O) groups excluding carboxylic acids is 3. The third-order valence-corrected chi connectivity index (χ3v) is 4.07. The van der Waals surface area contributed by atoms with Gasteiger partial charge in [-0.1, -0.05) is 11.8 Å². The third-order valence-electron chi connectivity index (χ3n) is 2.98. The molecular weight excluding hydrogens is 320 g/mol. The maximum atomic E-state index is 12.3. The molecule has 1 heterocycles. The molecule has 2 atom stereocenters. The molecule has 0 aliphatic heterocycles. The molecule has 0 aliphatic carbocycles. The topological polar surface area (TPSA) is 170 Å². The van der Waals surface area contributed by atoms with Crippen LogP contribution in [-0.2, 0) is 20.8 Å². The predicted molar refractivity (Wildman–Crippen MR) is 87.1 cm³/mol. The molecule has 1 aromatic rings. The van der Waals surface area contributed by atoms with Gasteiger partial charge < -0.3 is 27.5 Å². The summed E-state index contributed by atoms with van der Waals surface area (Å²) in [5, 5.41) is 2.38. The van der Waals surface area contributed by atoms with Crippen LogP contribution in [0.3, 0.4) is 0 Å². The molecule has 128 valence electrons. The van der Waals surface area contributed by atoms with E-state index in [0.717, 1.165) is 11.8 Å². The summed E-state index contributed by atoms with van der Waals surface area (Å²) in [6.45, 7) is 0.398. The number of imidazole rings is 1. The van der Waals surface area contributed by atoms with E-state index in [1.807, 2.05) is 0 Å². The second-order valence-electron chi connectivity index (χ2n) is 4.93. The van der Waals surface area contributed by atoms with Crippen LogP contribution in [0, 0.1) is 0 Å². The fourth-order valence-corrected chi connectivity index (χ4v) is 2.54. The van der Waals surface area contributed by atoms with Crippen molar-refractivity contribution in [3.8, 4) is 0 Å². The van der Waals surface area contributed by atoms with E-state index < -0.39 is 18.0 Å². The Kier molecular flexibility index (Phi) is 8.30. The summed E-state index contributed by atoms with van der Waals surface area (Å²) in [6.07, 6.45) is 4.12. The number of nitrogens with two attached hydrogens (primary N) is 3. The average Bonchev–Trinajstić information content (AvgIpc) is 3.02. The summed E-state index contributed by atoms with van der Waals surface area (Å²) in [4.78, 5) is 41.8. The molecule has 2 amide bonds. The minimum atomic E-state index is -0.912. The van der Waals surface area contributed by atoms with E-state index >= 15 is 0 Å². The smallest absolute Gasteiger partial charge is 0.235 e. The molecule has 0 radical (unpaired) electrons. The van der Waals surface area contributed by atoms with Gasteiger partial charge in [0.05, 0.1) is 12.4 Å². The van der Waals surface area contributed by atoms with Crippen LogP contribution in [0.5, 0.6) is 0 Å². The standard InChI is InChI=1S/C13H22N6O3S/c14-3-1-2-11(20)19-10(4-8-5-17-7-18-8)13(22)23-6-9(15)12(16)21/h5,7,9-10H,1-4,6,14-15H2,(H2,16,21)(H,17,18)(H,19,20)/t9?,10-/m0/s1. The molecule has 1 aromatic heterocycles. The molecule has 10 heteroatoms. The Morgan fingerprint density at radius 2 is 2.13 bits per heavy atom. The number of hydrogen-bond acceptors (Lipinski definition) is 7. The number of thioether (sulfide) groups is 1. The lowest BCUT2D eigenvalue weighted by Crippen LogP contribution is -2.43. The van der Waals surface area contributed by atoms with Crippen LogP contribution in [0.4, 0.5) is 0 Å². The van der Waals surface area contributed by atoms with Crippen molar-refractivity contribution in [3.05, 3.63) is 18.2 Å². The first kappa shape index (κ1) is 19.1. The Balaban J connectivity index is 2.63. The van der Waals surface area contributed by atoms with Crippen LogP contribution in [0.1, 0.15) is 18.5 Å². The van der Waals surface area contributed by atoms with Crippen molar-refractivity contribution in [1.82, 2.24) is 15.3 Å². The van der Waals surface area contributed by atoms with Crippen LogP contribution in [-0.4, -0.2) is 51.3 Å². The summed E-state index contributed by atoms with van der Waals surface area (Å²) in [7, 11) is 0. The van der Waals surface area contributed by atoms with Crippen LogP contribution in [0.2, 0.25) is 0 Å². The van der Waals surface area contributed by atoms with Crippen molar-refractivity contribution in [3.63, 3.8) is 0 Å². The van der Waals surface area contributed by atoms with Gasteiger partial charge >= 0.3 is 0 Å². The van der Waals surface area contributed by atoms with E-state index in [9.17, 15) is 14.4 Å². The number of rotatable bonds is 10. The zero-order valence-electron chi connectivity index (χ0n) is 12.7. The van der Waals surface area contributed by atoms with Gasteiger partial charge in [-0.2, -0.15) is 0 Å². The highest BCUT2D eigenvalue weighted by Crippen LogP contribution is 2.11. The molecular formula is C13H22N6O3S. The first-order valence-electron chi connectivity index (χ1n) is 7.12. The Morgan fingerprint density at radius 3 is 2.70 bits per heavy atom. The van der Waals surface area contributed by atoms with Gasteiger partial charge in [0.2, 0.25) is 16.9 Å². The van der Waals surface area contributed by atoms with Crippen molar-refractivity contribution >= 4 is 28.7 Å². The number of aromatic nitrogens is 2. The molecule has 0 spiro atoms. The largest absolute Gasteiger partial charge is 0.368 e. The van der Waals surface area contributed by atoms with Gasteiger partial charge in [-0.25, -0.2) is 4.98 Å². The Labute approximate surface area is 138 Å². The van der Waals surface area contributed by atoms with Crippen molar-refractivity contribution in [1.29, 1.82) is 0 Å². The fraction of sp³-hybridized carbons (Fsp3) is 0.538. The van der Waals surface area contributed by atoms with Gasteiger partial charge in [0.1, 0.15) is 6.04 Å². The molecule has 0 aliphatic rings. The van der Waals surface area contributed by atoms with Crippen molar-refractivity contribution in [2.45, 2.75) is 31.3 Å². The number of amides is 2. The van der Waals surface area contributed by atoms with E-state index in [1.54, 1.807) is 6.20 Å². The Hall–Kier alpha value is -1.91. The molecule has 0 saturated heterocycles. The third kappa shape index (κ3) is 7.26. The number of nitrogens with zero attached hydrogens (tertiary/aromatic N) is 1. The molecule has 0 fully saturated rings. The molecule has 0 aromatic carbocycles. The maximum absolute atomic E-state index is 12.3. The normalized spacial score (nSPS) is 13.3. The molecule has 9 nitrogen and oxygen atoms in total.